The molecule has 4 nitrogen and oxygen atoms in total. The lowest BCUT2D eigenvalue weighted by molar-refractivity contribution is -0.144. The van der Waals surface area contributed by atoms with Crippen molar-refractivity contribution in [2.24, 2.45) is 11.8 Å². The maximum absolute atomic E-state index is 10.9. The number of carboxylic acid groups (broad SMARTS) is 1. The van der Waals surface area contributed by atoms with E-state index in [0.717, 1.165) is 6.42 Å². The molecule has 3 N–H and O–H groups in total. The summed E-state index contributed by atoms with van der Waals surface area (Å²) in [6, 6.07) is 0.395. The van der Waals surface area contributed by atoms with Gasteiger partial charge in [-0.1, -0.05) is 13.8 Å². The maximum Gasteiger partial charge on any atom is 0.306 e. The van der Waals surface area contributed by atoms with Gasteiger partial charge in [0.25, 0.3) is 0 Å². The Morgan fingerprint density at radius 1 is 1.33 bits per heavy atom. The Labute approximate surface area is 110 Å². The van der Waals surface area contributed by atoms with E-state index >= 15 is 0 Å². The van der Waals surface area contributed by atoms with E-state index in [1.54, 1.807) is 0 Å². The molecule has 0 radical (unpaired) electrons. The molecule has 1 unspecified atom stereocenters. The second-order valence-corrected chi connectivity index (χ2v) is 6.25. The third-order valence-electron chi connectivity index (χ3n) is 3.87. The van der Waals surface area contributed by atoms with E-state index in [4.69, 9.17) is 5.11 Å². The van der Waals surface area contributed by atoms with Crippen LogP contribution in [-0.4, -0.2) is 34.4 Å². The summed E-state index contributed by atoms with van der Waals surface area (Å²) < 4.78 is 0. The van der Waals surface area contributed by atoms with Gasteiger partial charge in [0.2, 0.25) is 0 Å². The van der Waals surface area contributed by atoms with E-state index in [1.807, 2.05) is 0 Å². The number of hydrogen-bond acceptors (Lipinski definition) is 3. The average Bonchev–Trinajstić information content (AvgIpc) is 2.26. The molecule has 1 aliphatic carbocycles. The fraction of sp³-hybridized carbons (Fsp3) is 0.929. The molecule has 0 spiro atoms. The van der Waals surface area contributed by atoms with Gasteiger partial charge in [-0.05, 0) is 44.9 Å². The van der Waals surface area contributed by atoms with Crippen molar-refractivity contribution in [3.05, 3.63) is 0 Å². The van der Waals surface area contributed by atoms with Gasteiger partial charge < -0.3 is 15.5 Å². The standard InChI is InChI=1S/C14H27NO3/c1-10(2)8-11(3)15-9-14(18)6-4-12(5-7-14)13(16)17/h10-12,15,18H,4-9H2,1-3H3,(H,16,17). The minimum atomic E-state index is -0.724. The van der Waals surface area contributed by atoms with Crippen LogP contribution in [0.3, 0.4) is 0 Å². The van der Waals surface area contributed by atoms with Crippen LogP contribution in [0.15, 0.2) is 0 Å². The third kappa shape index (κ3) is 4.94. The summed E-state index contributed by atoms with van der Waals surface area (Å²) >= 11 is 0. The van der Waals surface area contributed by atoms with Crippen molar-refractivity contribution >= 4 is 5.97 Å². The summed E-state index contributed by atoms with van der Waals surface area (Å²) in [6.07, 6.45) is 3.45. The second kappa shape index (κ2) is 6.53. The molecule has 1 saturated carbocycles. The van der Waals surface area contributed by atoms with Gasteiger partial charge in [0.1, 0.15) is 0 Å². The lowest BCUT2D eigenvalue weighted by Crippen LogP contribution is -2.46. The van der Waals surface area contributed by atoms with Crippen molar-refractivity contribution in [3.63, 3.8) is 0 Å². The van der Waals surface area contributed by atoms with Gasteiger partial charge >= 0.3 is 5.97 Å². The van der Waals surface area contributed by atoms with Gasteiger partial charge in [-0.15, -0.1) is 0 Å². The van der Waals surface area contributed by atoms with Gasteiger partial charge in [0.05, 0.1) is 11.5 Å². The molecule has 0 bridgehead atoms. The highest BCUT2D eigenvalue weighted by Gasteiger charge is 2.35. The lowest BCUT2D eigenvalue weighted by atomic mass is 9.78. The molecule has 1 rings (SSSR count). The highest BCUT2D eigenvalue weighted by Crippen LogP contribution is 2.31. The first kappa shape index (κ1) is 15.4. The fourth-order valence-corrected chi connectivity index (χ4v) is 2.73. The van der Waals surface area contributed by atoms with Crippen LogP contribution < -0.4 is 5.32 Å². The molecule has 0 heterocycles. The smallest absolute Gasteiger partial charge is 0.306 e. The van der Waals surface area contributed by atoms with E-state index in [0.29, 0.717) is 44.2 Å². The zero-order chi connectivity index (χ0) is 13.8. The number of rotatable bonds is 6. The average molecular weight is 257 g/mol. The van der Waals surface area contributed by atoms with Gasteiger partial charge in [0, 0.05) is 12.6 Å². The molecule has 0 aromatic heterocycles. The predicted octanol–water partition coefficient (Wildman–Crippen LogP) is 2.02. The van der Waals surface area contributed by atoms with E-state index in [-0.39, 0.29) is 5.92 Å². The number of carbonyl (C=O) groups is 1. The molecular formula is C14H27NO3. The van der Waals surface area contributed by atoms with E-state index in [1.165, 1.54) is 0 Å². The molecule has 0 aliphatic heterocycles. The SMILES string of the molecule is CC(C)CC(C)NCC1(O)CCC(C(=O)O)CC1. The van der Waals surface area contributed by atoms with Crippen molar-refractivity contribution in [2.75, 3.05) is 6.54 Å². The zero-order valence-corrected chi connectivity index (χ0v) is 11.8. The first-order valence-electron chi connectivity index (χ1n) is 7.01. The number of nitrogens with one attached hydrogen (secondary N) is 1. The molecule has 0 amide bonds. The highest BCUT2D eigenvalue weighted by atomic mass is 16.4. The second-order valence-electron chi connectivity index (χ2n) is 6.25. The molecule has 0 aromatic rings. The Kier molecular flexibility index (Phi) is 5.60. The minimum Gasteiger partial charge on any atom is -0.481 e. The molecule has 1 fully saturated rings. The molecule has 18 heavy (non-hydrogen) atoms. The number of aliphatic hydroxyl groups is 1. The normalized spacial score (nSPS) is 30.4. The van der Waals surface area contributed by atoms with Crippen molar-refractivity contribution in [1.29, 1.82) is 0 Å². The number of aliphatic carboxylic acids is 1. The Morgan fingerprint density at radius 2 is 1.89 bits per heavy atom. The quantitative estimate of drug-likeness (QED) is 0.681. The molecule has 4 heteroatoms. The van der Waals surface area contributed by atoms with Gasteiger partial charge in [-0.2, -0.15) is 0 Å². The Balaban J connectivity index is 2.32. The Bertz CT molecular complexity index is 270. The topological polar surface area (TPSA) is 69.6 Å². The molecule has 0 saturated heterocycles. The number of hydrogen-bond donors (Lipinski definition) is 3. The van der Waals surface area contributed by atoms with E-state index in [2.05, 4.69) is 26.1 Å². The Morgan fingerprint density at radius 3 is 2.33 bits per heavy atom. The molecular weight excluding hydrogens is 230 g/mol. The van der Waals surface area contributed by atoms with Crippen molar-refractivity contribution in [2.45, 2.75) is 64.5 Å². The molecule has 106 valence electrons. The van der Waals surface area contributed by atoms with E-state index < -0.39 is 11.6 Å². The largest absolute Gasteiger partial charge is 0.481 e. The summed E-state index contributed by atoms with van der Waals surface area (Å²) in [5.74, 6) is -0.346. The van der Waals surface area contributed by atoms with Crippen LogP contribution in [0.1, 0.15) is 52.9 Å². The third-order valence-corrected chi connectivity index (χ3v) is 3.87. The first-order chi connectivity index (χ1) is 8.32. The lowest BCUT2D eigenvalue weighted by Gasteiger charge is -2.35. The summed E-state index contributed by atoms with van der Waals surface area (Å²) in [5.41, 5.74) is -0.711. The van der Waals surface area contributed by atoms with Gasteiger partial charge in [-0.25, -0.2) is 0 Å². The summed E-state index contributed by atoms with van der Waals surface area (Å²) in [7, 11) is 0. The number of carboxylic acids is 1. The van der Waals surface area contributed by atoms with Crippen LogP contribution in [0.5, 0.6) is 0 Å². The first-order valence-corrected chi connectivity index (χ1v) is 7.01. The molecule has 1 aliphatic rings. The van der Waals surface area contributed by atoms with Gasteiger partial charge in [-0.3, -0.25) is 4.79 Å². The van der Waals surface area contributed by atoms with Crippen LogP contribution >= 0.6 is 0 Å². The minimum absolute atomic E-state index is 0.265. The van der Waals surface area contributed by atoms with Crippen LogP contribution in [0.25, 0.3) is 0 Å². The zero-order valence-electron chi connectivity index (χ0n) is 11.8. The van der Waals surface area contributed by atoms with Crippen LogP contribution in [0.2, 0.25) is 0 Å². The summed E-state index contributed by atoms with van der Waals surface area (Å²) in [6.45, 7) is 7.08. The van der Waals surface area contributed by atoms with Gasteiger partial charge in [0.15, 0.2) is 0 Å². The summed E-state index contributed by atoms with van der Waals surface area (Å²) in [4.78, 5) is 10.9. The Hall–Kier alpha value is -0.610. The van der Waals surface area contributed by atoms with Crippen LogP contribution in [0, 0.1) is 11.8 Å². The fourth-order valence-electron chi connectivity index (χ4n) is 2.73. The van der Waals surface area contributed by atoms with Crippen molar-refractivity contribution in [3.8, 4) is 0 Å². The van der Waals surface area contributed by atoms with Crippen molar-refractivity contribution < 1.29 is 15.0 Å². The van der Waals surface area contributed by atoms with Crippen molar-refractivity contribution in [1.82, 2.24) is 5.32 Å². The highest BCUT2D eigenvalue weighted by molar-refractivity contribution is 5.70. The predicted molar refractivity (Wildman–Crippen MR) is 71.5 cm³/mol. The molecule has 0 aromatic carbocycles. The van der Waals surface area contributed by atoms with Crippen LogP contribution in [-0.2, 0) is 4.79 Å². The van der Waals surface area contributed by atoms with E-state index in [9.17, 15) is 9.90 Å². The van der Waals surface area contributed by atoms with Crippen LogP contribution in [0.4, 0.5) is 0 Å². The summed E-state index contributed by atoms with van der Waals surface area (Å²) in [5, 5.41) is 22.7. The monoisotopic (exact) mass is 257 g/mol. The maximum atomic E-state index is 10.9. The molecule has 1 atom stereocenters.